The van der Waals surface area contributed by atoms with Gasteiger partial charge in [-0.05, 0) is 18.2 Å². The normalized spacial score (nSPS) is 13.3. The molecule has 1 amide bonds. The van der Waals surface area contributed by atoms with Crippen molar-refractivity contribution in [3.05, 3.63) is 51.6 Å². The molecule has 3 rings (SSSR count). The highest BCUT2D eigenvalue weighted by atomic mass is 32.1. The van der Waals surface area contributed by atoms with E-state index in [9.17, 15) is 27.9 Å². The fourth-order valence-electron chi connectivity index (χ4n) is 2.43. The molecule has 0 radical (unpaired) electrons. The van der Waals surface area contributed by atoms with Gasteiger partial charge < -0.3 is 20.1 Å². The molecule has 13 heteroatoms. The van der Waals surface area contributed by atoms with Gasteiger partial charge in [-0.1, -0.05) is 6.07 Å². The zero-order chi connectivity index (χ0) is 21.2. The number of azo groups is 1. The number of hydrogen-bond donors (Lipinski definition) is 4. The maximum Gasteiger partial charge on any atom is 0.573 e. The van der Waals surface area contributed by atoms with E-state index in [1.807, 2.05) is 0 Å². The number of hydrogen-bond acceptors (Lipinski definition) is 8. The van der Waals surface area contributed by atoms with E-state index in [4.69, 9.17) is 0 Å². The molecule has 0 bridgehead atoms. The smallest absolute Gasteiger partial charge is 0.493 e. The molecule has 9 nitrogen and oxygen atoms in total. The van der Waals surface area contributed by atoms with Crippen molar-refractivity contribution in [3.63, 3.8) is 0 Å². The first-order valence-corrected chi connectivity index (χ1v) is 8.53. The van der Waals surface area contributed by atoms with Crippen LogP contribution in [0.1, 0.15) is 21.7 Å². The molecule has 0 spiro atoms. The minimum Gasteiger partial charge on any atom is -0.493 e. The molecule has 29 heavy (non-hydrogen) atoms. The van der Waals surface area contributed by atoms with Crippen LogP contribution in [-0.2, 0) is 5.75 Å². The summed E-state index contributed by atoms with van der Waals surface area (Å²) in [7, 11) is 0. The Morgan fingerprint density at radius 3 is 2.72 bits per heavy atom. The number of aromatic amines is 1. The topological polar surface area (TPSA) is 129 Å². The summed E-state index contributed by atoms with van der Waals surface area (Å²) in [5.41, 5.74) is -1.52. The van der Waals surface area contributed by atoms with E-state index in [-0.39, 0.29) is 22.8 Å². The van der Waals surface area contributed by atoms with Gasteiger partial charge in [0.1, 0.15) is 5.82 Å². The van der Waals surface area contributed by atoms with E-state index in [0.717, 1.165) is 12.1 Å². The largest absolute Gasteiger partial charge is 0.573 e. The highest BCUT2D eigenvalue weighted by molar-refractivity contribution is 7.79. The number of amides is 1. The average molecular weight is 427 g/mol. The van der Waals surface area contributed by atoms with Gasteiger partial charge in [0, 0.05) is 11.3 Å². The van der Waals surface area contributed by atoms with E-state index in [1.54, 1.807) is 6.08 Å². The Hall–Kier alpha value is -3.35. The molecular weight excluding hydrogens is 415 g/mol. The van der Waals surface area contributed by atoms with Crippen molar-refractivity contribution in [1.29, 1.82) is 0 Å². The third kappa shape index (κ3) is 4.74. The van der Waals surface area contributed by atoms with Crippen molar-refractivity contribution in [3.8, 4) is 11.6 Å². The first-order valence-electron chi connectivity index (χ1n) is 7.90. The standard InChI is InChI=1S/C16H12F3N5O4S/c17-16(18,19)28-10-5-7(8-3-4-20-24-8)1-2-9(10)21-13(25)12-14(26)22-11(6-29)23-15(12)27/h1-3,5,29H,4,6H2,(H,21,25)(H2,22,23,26,27). The number of anilines is 1. The van der Waals surface area contributed by atoms with Crippen LogP contribution in [0, 0.1) is 0 Å². The Kier molecular flexibility index (Phi) is 5.59. The van der Waals surface area contributed by atoms with Crippen LogP contribution in [0.3, 0.4) is 0 Å². The number of ether oxygens (including phenoxy) is 1. The lowest BCUT2D eigenvalue weighted by molar-refractivity contribution is -0.274. The lowest BCUT2D eigenvalue weighted by Gasteiger charge is -2.15. The highest BCUT2D eigenvalue weighted by Gasteiger charge is 2.33. The second-order valence-electron chi connectivity index (χ2n) is 5.60. The Balaban J connectivity index is 1.96. The lowest BCUT2D eigenvalue weighted by atomic mass is 10.1. The number of nitrogens with one attached hydrogen (secondary N) is 2. The zero-order valence-electron chi connectivity index (χ0n) is 14.3. The van der Waals surface area contributed by atoms with E-state index >= 15 is 0 Å². The first kappa shape index (κ1) is 20.4. The summed E-state index contributed by atoms with van der Waals surface area (Å²) >= 11 is 3.88. The number of alkyl halides is 3. The predicted molar refractivity (Wildman–Crippen MR) is 98.0 cm³/mol. The molecule has 2 aromatic rings. The molecule has 1 aromatic carbocycles. The minimum atomic E-state index is -5.04. The molecule has 0 saturated carbocycles. The van der Waals surface area contributed by atoms with Crippen LogP contribution in [0.25, 0.3) is 5.70 Å². The SMILES string of the molecule is O=C(Nc1ccc(C2=CCN=N2)cc1OC(F)(F)F)c1c(O)nc(CS)[nH]c1=O. The van der Waals surface area contributed by atoms with Crippen LogP contribution in [-0.4, -0.2) is 33.9 Å². The van der Waals surface area contributed by atoms with Crippen LogP contribution >= 0.6 is 12.6 Å². The van der Waals surface area contributed by atoms with Crippen LogP contribution in [0.5, 0.6) is 11.6 Å². The van der Waals surface area contributed by atoms with Gasteiger partial charge in [0.25, 0.3) is 11.5 Å². The van der Waals surface area contributed by atoms with Gasteiger partial charge in [-0.25, -0.2) is 0 Å². The molecule has 0 saturated heterocycles. The second-order valence-corrected chi connectivity index (χ2v) is 5.91. The second kappa shape index (κ2) is 7.95. The number of H-pyrrole nitrogens is 1. The van der Waals surface area contributed by atoms with Crippen molar-refractivity contribution in [1.82, 2.24) is 9.97 Å². The highest BCUT2D eigenvalue weighted by Crippen LogP contribution is 2.34. The van der Waals surface area contributed by atoms with Crippen LogP contribution in [0.2, 0.25) is 0 Å². The molecule has 152 valence electrons. The van der Waals surface area contributed by atoms with Crippen molar-refractivity contribution < 1.29 is 27.8 Å². The molecule has 1 aromatic heterocycles. The molecule has 2 heterocycles. The molecule has 0 aliphatic carbocycles. The summed E-state index contributed by atoms with van der Waals surface area (Å²) < 4.78 is 42.4. The maximum atomic E-state index is 12.8. The van der Waals surface area contributed by atoms with Gasteiger partial charge in [0.2, 0.25) is 5.88 Å². The number of rotatable bonds is 5. The average Bonchev–Trinajstić information content (AvgIpc) is 3.16. The summed E-state index contributed by atoms with van der Waals surface area (Å²) in [6.45, 7) is 0.292. The molecule has 0 atom stereocenters. The quantitative estimate of drug-likeness (QED) is 0.546. The summed E-state index contributed by atoms with van der Waals surface area (Å²) in [4.78, 5) is 30.2. The summed E-state index contributed by atoms with van der Waals surface area (Å²) in [5.74, 6) is -2.80. The minimum absolute atomic E-state index is 0.0110. The Labute approximate surface area is 165 Å². The van der Waals surface area contributed by atoms with Crippen molar-refractivity contribution in [2.45, 2.75) is 12.1 Å². The van der Waals surface area contributed by atoms with Crippen LogP contribution < -0.4 is 15.6 Å². The van der Waals surface area contributed by atoms with Gasteiger partial charge >= 0.3 is 6.36 Å². The summed E-state index contributed by atoms with van der Waals surface area (Å²) in [6, 6.07) is 3.55. The Bertz CT molecular complexity index is 1080. The molecule has 0 fully saturated rings. The van der Waals surface area contributed by atoms with E-state index < -0.39 is 35.0 Å². The zero-order valence-corrected chi connectivity index (χ0v) is 15.2. The monoisotopic (exact) mass is 427 g/mol. The number of carbonyl (C=O) groups excluding carboxylic acids is 1. The van der Waals surface area contributed by atoms with E-state index in [1.165, 1.54) is 6.07 Å². The molecule has 1 aliphatic heterocycles. The number of halogens is 3. The van der Waals surface area contributed by atoms with Crippen LogP contribution in [0.15, 0.2) is 39.3 Å². The van der Waals surface area contributed by atoms with Crippen molar-refractivity contribution in [2.75, 3.05) is 11.9 Å². The Morgan fingerprint density at radius 2 is 2.14 bits per heavy atom. The van der Waals surface area contributed by atoms with Gasteiger partial charge in [0.15, 0.2) is 11.3 Å². The number of thiol groups is 1. The van der Waals surface area contributed by atoms with E-state index in [2.05, 4.69) is 42.9 Å². The van der Waals surface area contributed by atoms with Gasteiger partial charge in [0.05, 0.1) is 17.9 Å². The Morgan fingerprint density at radius 1 is 1.38 bits per heavy atom. The maximum absolute atomic E-state index is 12.8. The molecule has 1 aliphatic rings. The first-order chi connectivity index (χ1) is 13.7. The molecule has 0 unspecified atom stereocenters. The summed E-state index contributed by atoms with van der Waals surface area (Å²) in [5, 5.41) is 19.4. The third-order valence-electron chi connectivity index (χ3n) is 3.62. The predicted octanol–water partition coefficient (Wildman–Crippen LogP) is 2.86. The van der Waals surface area contributed by atoms with Gasteiger partial charge in [-0.2, -0.15) is 27.8 Å². The van der Waals surface area contributed by atoms with Crippen molar-refractivity contribution in [2.24, 2.45) is 10.2 Å². The van der Waals surface area contributed by atoms with Crippen molar-refractivity contribution >= 4 is 29.9 Å². The van der Waals surface area contributed by atoms with E-state index in [0.29, 0.717) is 12.2 Å². The molecular formula is C16H12F3N5O4S. The molecule has 3 N–H and O–H groups in total. The number of aromatic hydroxyl groups is 1. The fourth-order valence-corrected chi connectivity index (χ4v) is 2.58. The van der Waals surface area contributed by atoms with Crippen LogP contribution in [0.4, 0.5) is 18.9 Å². The number of nitrogens with zero attached hydrogens (tertiary/aromatic N) is 3. The van der Waals surface area contributed by atoms with Gasteiger partial charge in [-0.15, -0.1) is 13.2 Å². The lowest BCUT2D eigenvalue weighted by Crippen LogP contribution is -2.26. The number of benzene rings is 1. The summed E-state index contributed by atoms with van der Waals surface area (Å²) in [6.07, 6.45) is -3.45. The fraction of sp³-hybridized carbons (Fsp3) is 0.188. The number of aromatic nitrogens is 2. The number of carbonyl (C=O) groups is 1. The third-order valence-corrected chi connectivity index (χ3v) is 3.92. The van der Waals surface area contributed by atoms with Gasteiger partial charge in [-0.3, -0.25) is 9.59 Å².